The van der Waals surface area contributed by atoms with Crippen molar-refractivity contribution < 1.29 is 0 Å². The molecule has 0 aromatic heterocycles. The molecule has 1 saturated carbocycles. The lowest BCUT2D eigenvalue weighted by Crippen LogP contribution is -2.19. The first-order valence-corrected chi connectivity index (χ1v) is 9.44. The number of hydrogen-bond acceptors (Lipinski definition) is 2. The fourth-order valence-corrected chi connectivity index (χ4v) is 4.71. The number of fused-ring (bicyclic) bond motifs is 1. The number of rotatable bonds is 3. The van der Waals surface area contributed by atoms with Gasteiger partial charge in [-0.15, -0.1) is 0 Å². The molecule has 1 heterocycles. The van der Waals surface area contributed by atoms with E-state index in [9.17, 15) is 0 Å². The lowest BCUT2D eigenvalue weighted by molar-refractivity contribution is 0.354. The van der Waals surface area contributed by atoms with Gasteiger partial charge in [-0.1, -0.05) is 85.7 Å². The molecule has 1 fully saturated rings. The molecule has 0 saturated heterocycles. The lowest BCUT2D eigenvalue weighted by Gasteiger charge is -2.21. The molecule has 3 aliphatic rings. The van der Waals surface area contributed by atoms with Crippen LogP contribution >= 0.6 is 0 Å². The van der Waals surface area contributed by atoms with Gasteiger partial charge in [0.25, 0.3) is 0 Å². The average molecular weight is 340 g/mol. The molecule has 130 valence electrons. The molecule has 2 heteroatoms. The molecule has 5 rings (SSSR count). The highest BCUT2D eigenvalue weighted by Gasteiger charge is 2.74. The van der Waals surface area contributed by atoms with Crippen LogP contribution in [0.3, 0.4) is 0 Å². The Bertz CT molecular complexity index is 900. The second-order valence-electron chi connectivity index (χ2n) is 8.56. The van der Waals surface area contributed by atoms with Crippen LogP contribution in [0.2, 0.25) is 0 Å². The number of allylic oxidation sites excluding steroid dienone is 2. The number of benzene rings is 2. The van der Waals surface area contributed by atoms with Gasteiger partial charge in [-0.3, -0.25) is 0 Å². The SMILES string of the molecule is Cc1ccc(C2=NN=C(c3ccc(C)cc3)[C@H]3[C@@H]2C3(C)C2(C)C=C2)cc1. The maximum atomic E-state index is 4.75. The predicted molar refractivity (Wildman–Crippen MR) is 108 cm³/mol. The second-order valence-corrected chi connectivity index (χ2v) is 8.56. The van der Waals surface area contributed by atoms with Crippen molar-refractivity contribution in [3.8, 4) is 0 Å². The van der Waals surface area contributed by atoms with E-state index in [1.165, 1.54) is 22.3 Å². The molecule has 2 nitrogen and oxygen atoms in total. The Balaban J connectivity index is 1.62. The highest BCUT2D eigenvalue weighted by atomic mass is 15.2. The normalized spacial score (nSPS) is 30.3. The Morgan fingerprint density at radius 2 is 1.04 bits per heavy atom. The Labute approximate surface area is 155 Å². The third-order valence-corrected chi connectivity index (χ3v) is 6.89. The van der Waals surface area contributed by atoms with Crippen molar-refractivity contribution in [2.24, 2.45) is 32.9 Å². The van der Waals surface area contributed by atoms with Crippen LogP contribution in [0.15, 0.2) is 70.9 Å². The Morgan fingerprint density at radius 1 is 0.654 bits per heavy atom. The van der Waals surface area contributed by atoms with Crippen LogP contribution in [0.25, 0.3) is 0 Å². The number of aryl methyl sites for hydroxylation is 2. The fourth-order valence-electron chi connectivity index (χ4n) is 4.71. The highest BCUT2D eigenvalue weighted by molar-refractivity contribution is 6.16. The topological polar surface area (TPSA) is 24.7 Å². The van der Waals surface area contributed by atoms with Gasteiger partial charge in [-0.2, -0.15) is 10.2 Å². The van der Waals surface area contributed by atoms with E-state index >= 15 is 0 Å². The molecule has 1 unspecified atom stereocenters. The van der Waals surface area contributed by atoms with Crippen LogP contribution < -0.4 is 0 Å². The monoisotopic (exact) mass is 340 g/mol. The molecular formula is C24H24N2. The summed E-state index contributed by atoms with van der Waals surface area (Å²) in [5.41, 5.74) is 7.64. The zero-order valence-electron chi connectivity index (χ0n) is 15.8. The summed E-state index contributed by atoms with van der Waals surface area (Å²) in [6.45, 7) is 9.02. The van der Waals surface area contributed by atoms with Gasteiger partial charge in [0.2, 0.25) is 0 Å². The first-order chi connectivity index (χ1) is 12.4. The van der Waals surface area contributed by atoms with E-state index in [0.717, 1.165) is 11.4 Å². The molecule has 2 aromatic rings. The molecule has 2 aliphatic carbocycles. The maximum absolute atomic E-state index is 4.75. The van der Waals surface area contributed by atoms with E-state index in [0.29, 0.717) is 11.8 Å². The van der Waals surface area contributed by atoms with Gasteiger partial charge in [-0.25, -0.2) is 0 Å². The van der Waals surface area contributed by atoms with Gasteiger partial charge in [-0.05, 0) is 30.4 Å². The van der Waals surface area contributed by atoms with Gasteiger partial charge in [0.05, 0.1) is 11.4 Å². The predicted octanol–water partition coefficient (Wildman–Crippen LogP) is 5.34. The highest BCUT2D eigenvalue weighted by Crippen LogP contribution is 2.74. The summed E-state index contributed by atoms with van der Waals surface area (Å²) in [7, 11) is 0. The van der Waals surface area contributed by atoms with Gasteiger partial charge in [0, 0.05) is 17.3 Å². The smallest absolute Gasteiger partial charge is 0.0746 e. The average Bonchev–Trinajstić information content (AvgIpc) is 3.54. The zero-order valence-corrected chi connectivity index (χ0v) is 15.8. The van der Waals surface area contributed by atoms with E-state index < -0.39 is 0 Å². The molecule has 2 aromatic carbocycles. The Hall–Kier alpha value is -2.48. The molecule has 26 heavy (non-hydrogen) atoms. The first-order valence-electron chi connectivity index (χ1n) is 9.44. The van der Waals surface area contributed by atoms with Crippen LogP contribution in [-0.4, -0.2) is 11.4 Å². The number of nitrogens with zero attached hydrogens (tertiary/aromatic N) is 2. The van der Waals surface area contributed by atoms with Crippen LogP contribution in [-0.2, 0) is 0 Å². The molecule has 0 N–H and O–H groups in total. The van der Waals surface area contributed by atoms with Gasteiger partial charge in [0.1, 0.15) is 0 Å². The molecule has 0 bridgehead atoms. The minimum absolute atomic E-state index is 0.164. The molecule has 0 spiro atoms. The van der Waals surface area contributed by atoms with Crippen molar-refractivity contribution in [2.45, 2.75) is 27.7 Å². The second kappa shape index (κ2) is 5.03. The van der Waals surface area contributed by atoms with Crippen molar-refractivity contribution in [3.63, 3.8) is 0 Å². The van der Waals surface area contributed by atoms with Gasteiger partial charge >= 0.3 is 0 Å². The summed E-state index contributed by atoms with van der Waals surface area (Å²) >= 11 is 0. The van der Waals surface area contributed by atoms with Crippen molar-refractivity contribution >= 4 is 11.4 Å². The van der Waals surface area contributed by atoms with Crippen molar-refractivity contribution in [1.82, 2.24) is 0 Å². The third-order valence-electron chi connectivity index (χ3n) is 6.89. The standard InChI is InChI=1S/C24H24N2/c1-15-5-9-17(10-6-15)21-19-20(24(19,4)23(3)13-14-23)22(26-25-21)18-11-7-16(2)8-12-18/h5-14,19-20H,1-4H3/t19-,20+,24?. The first kappa shape index (κ1) is 15.7. The lowest BCUT2D eigenvalue weighted by atomic mass is 9.81. The number of hydrogen-bond donors (Lipinski definition) is 0. The van der Waals surface area contributed by atoms with Gasteiger partial charge < -0.3 is 0 Å². The van der Waals surface area contributed by atoms with Crippen LogP contribution in [0.5, 0.6) is 0 Å². The molecule has 0 amide bonds. The maximum Gasteiger partial charge on any atom is 0.0746 e. The Kier molecular flexibility index (Phi) is 3.05. The largest absolute Gasteiger partial charge is 0.154 e. The summed E-state index contributed by atoms with van der Waals surface area (Å²) in [6.07, 6.45) is 4.70. The fraction of sp³-hybridized carbons (Fsp3) is 0.333. The van der Waals surface area contributed by atoms with E-state index in [4.69, 9.17) is 10.2 Å². The summed E-state index contributed by atoms with van der Waals surface area (Å²) in [5, 5.41) is 9.49. The van der Waals surface area contributed by atoms with Crippen LogP contribution in [0, 0.1) is 36.5 Å². The summed E-state index contributed by atoms with van der Waals surface area (Å²) < 4.78 is 0. The minimum atomic E-state index is 0.164. The molecular weight excluding hydrogens is 316 g/mol. The van der Waals surface area contributed by atoms with E-state index in [2.05, 4.69) is 88.4 Å². The molecule has 3 atom stereocenters. The van der Waals surface area contributed by atoms with Crippen molar-refractivity contribution in [2.75, 3.05) is 0 Å². The summed E-state index contributed by atoms with van der Waals surface area (Å²) in [4.78, 5) is 0. The van der Waals surface area contributed by atoms with E-state index in [1.54, 1.807) is 0 Å². The van der Waals surface area contributed by atoms with Crippen molar-refractivity contribution in [1.29, 1.82) is 0 Å². The quantitative estimate of drug-likeness (QED) is 0.674. The summed E-state index contributed by atoms with van der Waals surface area (Å²) in [5.74, 6) is 0.859. The van der Waals surface area contributed by atoms with E-state index in [1.807, 2.05) is 0 Å². The van der Waals surface area contributed by atoms with Crippen molar-refractivity contribution in [3.05, 3.63) is 82.9 Å². The van der Waals surface area contributed by atoms with E-state index in [-0.39, 0.29) is 10.8 Å². The molecule has 0 radical (unpaired) electrons. The minimum Gasteiger partial charge on any atom is -0.154 e. The third kappa shape index (κ3) is 2.05. The van der Waals surface area contributed by atoms with Gasteiger partial charge in [0.15, 0.2) is 0 Å². The van der Waals surface area contributed by atoms with Crippen LogP contribution in [0.1, 0.15) is 36.1 Å². The summed E-state index contributed by atoms with van der Waals surface area (Å²) in [6, 6.07) is 17.5. The molecule has 1 aliphatic heterocycles. The zero-order chi connectivity index (χ0) is 18.1. The van der Waals surface area contributed by atoms with Crippen LogP contribution in [0.4, 0.5) is 0 Å². The Morgan fingerprint density at radius 3 is 1.38 bits per heavy atom.